The van der Waals surface area contributed by atoms with Crippen LogP contribution in [0.1, 0.15) is 18.7 Å². The lowest BCUT2D eigenvalue weighted by Crippen LogP contribution is -2.40. The molecule has 0 saturated carbocycles. The van der Waals surface area contributed by atoms with Crippen LogP contribution in [-0.4, -0.2) is 47.2 Å². The smallest absolute Gasteiger partial charge is 0.234 e. The fourth-order valence-electron chi connectivity index (χ4n) is 2.36. The Morgan fingerprint density at radius 3 is 2.71 bits per heavy atom. The summed E-state index contributed by atoms with van der Waals surface area (Å²) in [5.74, 6) is 1.38. The minimum absolute atomic E-state index is 0.302. The van der Waals surface area contributed by atoms with Crippen LogP contribution in [0.5, 0.6) is 5.88 Å². The third kappa shape index (κ3) is 2.59. The summed E-state index contributed by atoms with van der Waals surface area (Å²) in [6.07, 6.45) is 1.55. The zero-order valence-electron chi connectivity index (χ0n) is 11.8. The molecule has 21 heavy (non-hydrogen) atoms. The van der Waals surface area contributed by atoms with Crippen molar-refractivity contribution in [3.63, 3.8) is 0 Å². The summed E-state index contributed by atoms with van der Waals surface area (Å²) in [6, 6.07) is 3.44. The van der Waals surface area contributed by atoms with Crippen molar-refractivity contribution in [1.29, 1.82) is 0 Å². The van der Waals surface area contributed by atoms with Crippen LogP contribution in [0.3, 0.4) is 0 Å². The average molecular weight is 291 g/mol. The summed E-state index contributed by atoms with van der Waals surface area (Å²) < 4.78 is 15.8. The second-order valence-corrected chi connectivity index (χ2v) is 4.98. The Hall–Kier alpha value is -2.06. The van der Waals surface area contributed by atoms with Gasteiger partial charge >= 0.3 is 0 Å². The molecule has 2 aromatic rings. The molecule has 1 fully saturated rings. The molecule has 3 rings (SSSR count). The Bertz CT molecular complexity index is 592. The van der Waals surface area contributed by atoms with Crippen LogP contribution in [0.4, 0.5) is 0 Å². The lowest BCUT2D eigenvalue weighted by atomic mass is 9.80. The van der Waals surface area contributed by atoms with E-state index in [4.69, 9.17) is 19.7 Å². The number of hydrogen-bond donors (Lipinski definition) is 1. The van der Waals surface area contributed by atoms with E-state index in [0.717, 1.165) is 12.8 Å². The first-order chi connectivity index (χ1) is 10.3. The molecule has 0 aromatic carbocycles. The summed E-state index contributed by atoms with van der Waals surface area (Å²) in [7, 11) is 1.53. The van der Waals surface area contributed by atoms with E-state index in [-0.39, 0.29) is 5.41 Å². The molecule has 8 heteroatoms. The second kappa shape index (κ2) is 5.74. The Kier molecular flexibility index (Phi) is 3.80. The van der Waals surface area contributed by atoms with E-state index in [1.807, 2.05) is 0 Å². The lowest BCUT2D eigenvalue weighted by Gasteiger charge is -2.32. The van der Waals surface area contributed by atoms with Gasteiger partial charge in [0.05, 0.1) is 12.5 Å². The average Bonchev–Trinajstić information content (AvgIpc) is 3.06. The van der Waals surface area contributed by atoms with Gasteiger partial charge in [-0.3, -0.25) is 0 Å². The molecule has 1 aliphatic heterocycles. The number of hydrogen-bond acceptors (Lipinski definition) is 8. The fraction of sp³-hybridized carbons (Fsp3) is 0.538. The van der Waals surface area contributed by atoms with Crippen molar-refractivity contribution in [3.8, 4) is 17.4 Å². The highest BCUT2D eigenvalue weighted by molar-refractivity contribution is 5.47. The Morgan fingerprint density at radius 1 is 1.29 bits per heavy atom. The summed E-state index contributed by atoms with van der Waals surface area (Å²) >= 11 is 0. The summed E-state index contributed by atoms with van der Waals surface area (Å²) in [6.45, 7) is 1.75. The van der Waals surface area contributed by atoms with Gasteiger partial charge in [0.1, 0.15) is 5.69 Å². The highest BCUT2D eigenvalue weighted by Crippen LogP contribution is 2.33. The number of aromatic nitrogens is 4. The number of rotatable bonds is 4. The van der Waals surface area contributed by atoms with Crippen molar-refractivity contribution >= 4 is 0 Å². The zero-order valence-corrected chi connectivity index (χ0v) is 11.8. The van der Waals surface area contributed by atoms with E-state index in [9.17, 15) is 0 Å². The van der Waals surface area contributed by atoms with Gasteiger partial charge in [0.2, 0.25) is 17.6 Å². The molecule has 2 aromatic heterocycles. The maximum Gasteiger partial charge on any atom is 0.234 e. The molecule has 8 nitrogen and oxygen atoms in total. The molecule has 0 radical (unpaired) electrons. The van der Waals surface area contributed by atoms with Gasteiger partial charge in [0.15, 0.2) is 0 Å². The SMILES string of the molecule is COc1ccc(-c2noc(C3(CN)CCOCC3)n2)nn1. The Morgan fingerprint density at radius 2 is 2.10 bits per heavy atom. The van der Waals surface area contributed by atoms with Crippen molar-refractivity contribution in [2.45, 2.75) is 18.3 Å². The van der Waals surface area contributed by atoms with E-state index < -0.39 is 0 Å². The third-order valence-electron chi connectivity index (χ3n) is 3.80. The van der Waals surface area contributed by atoms with E-state index in [2.05, 4.69) is 20.3 Å². The van der Waals surface area contributed by atoms with E-state index in [1.165, 1.54) is 7.11 Å². The van der Waals surface area contributed by atoms with Crippen molar-refractivity contribution in [3.05, 3.63) is 18.0 Å². The van der Waals surface area contributed by atoms with E-state index >= 15 is 0 Å². The van der Waals surface area contributed by atoms with Crippen LogP contribution < -0.4 is 10.5 Å². The van der Waals surface area contributed by atoms with Gasteiger partial charge in [-0.15, -0.1) is 10.2 Å². The standard InChI is InChI=1S/C13H17N5O3/c1-19-10-3-2-9(16-17-10)11-15-12(21-18-11)13(8-14)4-6-20-7-5-13/h2-3H,4-8,14H2,1H3. The Labute approximate surface area is 121 Å². The van der Waals surface area contributed by atoms with Crippen molar-refractivity contribution in [2.75, 3.05) is 26.9 Å². The predicted octanol–water partition coefficient (Wildman–Crippen LogP) is 0.542. The minimum atomic E-state index is -0.302. The molecule has 3 heterocycles. The van der Waals surface area contributed by atoms with Crippen molar-refractivity contribution < 1.29 is 14.0 Å². The van der Waals surface area contributed by atoms with Crippen LogP contribution in [0.2, 0.25) is 0 Å². The molecule has 2 N–H and O–H groups in total. The van der Waals surface area contributed by atoms with Crippen LogP contribution in [-0.2, 0) is 10.2 Å². The predicted molar refractivity (Wildman–Crippen MR) is 72.7 cm³/mol. The molecule has 0 aliphatic carbocycles. The van der Waals surface area contributed by atoms with Gasteiger partial charge < -0.3 is 19.7 Å². The molecular weight excluding hydrogens is 274 g/mol. The van der Waals surface area contributed by atoms with Gasteiger partial charge in [0.25, 0.3) is 0 Å². The maximum atomic E-state index is 5.93. The minimum Gasteiger partial charge on any atom is -0.480 e. The molecule has 1 saturated heterocycles. The molecule has 0 bridgehead atoms. The number of methoxy groups -OCH3 is 1. The first-order valence-electron chi connectivity index (χ1n) is 6.77. The van der Waals surface area contributed by atoms with Crippen molar-refractivity contribution in [2.24, 2.45) is 5.73 Å². The van der Waals surface area contributed by atoms with Gasteiger partial charge in [-0.25, -0.2) is 0 Å². The summed E-state index contributed by atoms with van der Waals surface area (Å²) in [5.41, 5.74) is 6.16. The molecule has 0 spiro atoms. The largest absolute Gasteiger partial charge is 0.480 e. The number of ether oxygens (including phenoxy) is 2. The third-order valence-corrected chi connectivity index (χ3v) is 3.80. The van der Waals surface area contributed by atoms with Gasteiger partial charge in [-0.2, -0.15) is 4.98 Å². The lowest BCUT2D eigenvalue weighted by molar-refractivity contribution is 0.0409. The molecule has 112 valence electrons. The number of nitrogens with two attached hydrogens (primary N) is 1. The van der Waals surface area contributed by atoms with Crippen molar-refractivity contribution in [1.82, 2.24) is 20.3 Å². The summed E-state index contributed by atoms with van der Waals surface area (Å²) in [5, 5.41) is 11.9. The zero-order chi connectivity index (χ0) is 14.7. The summed E-state index contributed by atoms with van der Waals surface area (Å²) in [4.78, 5) is 4.45. The molecule has 0 amide bonds. The monoisotopic (exact) mass is 291 g/mol. The first-order valence-corrected chi connectivity index (χ1v) is 6.77. The Balaban J connectivity index is 1.87. The van der Waals surface area contributed by atoms with Crippen LogP contribution >= 0.6 is 0 Å². The van der Waals surface area contributed by atoms with Crippen LogP contribution in [0, 0.1) is 0 Å². The van der Waals surface area contributed by atoms with Gasteiger partial charge in [0, 0.05) is 25.8 Å². The molecule has 0 atom stereocenters. The van der Waals surface area contributed by atoms with Crippen LogP contribution in [0.25, 0.3) is 11.5 Å². The highest BCUT2D eigenvalue weighted by atomic mass is 16.5. The normalized spacial score (nSPS) is 17.6. The first kappa shape index (κ1) is 13.9. The highest BCUT2D eigenvalue weighted by Gasteiger charge is 2.38. The quantitative estimate of drug-likeness (QED) is 0.869. The topological polar surface area (TPSA) is 109 Å². The van der Waals surface area contributed by atoms with Crippen LogP contribution in [0.15, 0.2) is 16.7 Å². The number of nitrogens with zero attached hydrogens (tertiary/aromatic N) is 4. The molecule has 0 unspecified atom stereocenters. The molecule has 1 aliphatic rings. The maximum absolute atomic E-state index is 5.93. The van der Waals surface area contributed by atoms with E-state index in [0.29, 0.717) is 43.0 Å². The van der Waals surface area contributed by atoms with Gasteiger partial charge in [-0.05, 0) is 18.9 Å². The van der Waals surface area contributed by atoms with Gasteiger partial charge in [-0.1, -0.05) is 5.16 Å². The van der Waals surface area contributed by atoms with E-state index in [1.54, 1.807) is 12.1 Å². The second-order valence-electron chi connectivity index (χ2n) is 4.98. The fourth-order valence-corrected chi connectivity index (χ4v) is 2.36. The molecular formula is C13H17N5O3.